The Morgan fingerprint density at radius 2 is 1.69 bits per heavy atom. The van der Waals surface area contributed by atoms with Crippen molar-refractivity contribution in [1.29, 1.82) is 0 Å². The first-order valence-corrected chi connectivity index (χ1v) is 9.67. The molecule has 0 aromatic heterocycles. The summed E-state index contributed by atoms with van der Waals surface area (Å²) in [5.41, 5.74) is 2.11. The average Bonchev–Trinajstić information content (AvgIpc) is 2.58. The summed E-state index contributed by atoms with van der Waals surface area (Å²) in [6.45, 7) is 15.0. The van der Waals surface area contributed by atoms with Gasteiger partial charge in [0.2, 0.25) is 0 Å². The van der Waals surface area contributed by atoms with Crippen LogP contribution in [0.3, 0.4) is 0 Å². The zero-order valence-corrected chi connectivity index (χ0v) is 17.3. The van der Waals surface area contributed by atoms with E-state index in [1.165, 1.54) is 6.42 Å². The molecule has 146 valence electrons. The van der Waals surface area contributed by atoms with E-state index in [1.807, 2.05) is 31.2 Å². The lowest BCUT2D eigenvalue weighted by molar-refractivity contribution is 0.0956. The number of carbonyl (C=O) groups excluding carboxylic acids is 1. The highest BCUT2D eigenvalue weighted by atomic mass is 16.1. The summed E-state index contributed by atoms with van der Waals surface area (Å²) in [5, 5.41) is 9.59. The summed E-state index contributed by atoms with van der Waals surface area (Å²) in [6, 6.07) is 7.98. The second kappa shape index (κ2) is 10.8. The Kier molecular flexibility index (Phi) is 9.17. The van der Waals surface area contributed by atoms with E-state index in [0.29, 0.717) is 30.1 Å². The highest BCUT2D eigenvalue weighted by molar-refractivity contribution is 5.94. The van der Waals surface area contributed by atoms with Crippen LogP contribution >= 0.6 is 0 Å². The number of hydrogen-bond acceptors (Lipinski definition) is 2. The molecule has 1 aromatic rings. The molecule has 1 atom stereocenters. The molecule has 0 saturated carbocycles. The molecule has 5 heteroatoms. The Morgan fingerprint density at radius 1 is 1.08 bits per heavy atom. The van der Waals surface area contributed by atoms with Gasteiger partial charge in [0.05, 0.1) is 6.54 Å². The van der Waals surface area contributed by atoms with Crippen molar-refractivity contribution >= 4 is 11.9 Å². The Morgan fingerprint density at radius 3 is 2.23 bits per heavy atom. The highest BCUT2D eigenvalue weighted by Gasteiger charge is 2.13. The first-order chi connectivity index (χ1) is 12.2. The number of amides is 1. The van der Waals surface area contributed by atoms with Crippen molar-refractivity contribution in [1.82, 2.24) is 16.0 Å². The molecule has 0 bridgehead atoms. The van der Waals surface area contributed by atoms with E-state index in [1.54, 1.807) is 0 Å². The van der Waals surface area contributed by atoms with Gasteiger partial charge < -0.3 is 16.0 Å². The van der Waals surface area contributed by atoms with Gasteiger partial charge in [-0.2, -0.15) is 0 Å². The standard InChI is InChI=1S/C21H36N4O/c1-7-22-19(26)18-11-9-17(10-12-18)15-24-20(23-8-2)25-16(3)13-14-21(4,5)6/h9-12,16H,7-8,13-15H2,1-6H3,(H,22,26)(H2,23,24,25). The van der Waals surface area contributed by atoms with Crippen molar-refractivity contribution in [2.75, 3.05) is 13.1 Å². The molecule has 0 radical (unpaired) electrons. The lowest BCUT2D eigenvalue weighted by atomic mass is 9.89. The van der Waals surface area contributed by atoms with E-state index < -0.39 is 0 Å². The average molecular weight is 361 g/mol. The normalized spacial score (nSPS) is 13.2. The number of aliphatic imine (C=N–C) groups is 1. The van der Waals surface area contributed by atoms with Gasteiger partial charge >= 0.3 is 0 Å². The molecule has 0 aliphatic carbocycles. The van der Waals surface area contributed by atoms with Crippen molar-refractivity contribution in [2.24, 2.45) is 10.4 Å². The number of nitrogens with zero attached hydrogens (tertiary/aromatic N) is 1. The van der Waals surface area contributed by atoms with Crippen LogP contribution in [0.25, 0.3) is 0 Å². The van der Waals surface area contributed by atoms with Crippen LogP contribution in [0.15, 0.2) is 29.3 Å². The Hall–Kier alpha value is -2.04. The molecule has 3 N–H and O–H groups in total. The molecule has 0 aliphatic heterocycles. The number of nitrogens with one attached hydrogen (secondary N) is 3. The molecule has 26 heavy (non-hydrogen) atoms. The monoisotopic (exact) mass is 360 g/mol. The number of hydrogen-bond donors (Lipinski definition) is 3. The van der Waals surface area contributed by atoms with Crippen LogP contribution in [-0.2, 0) is 6.54 Å². The van der Waals surface area contributed by atoms with E-state index in [4.69, 9.17) is 0 Å². The number of carbonyl (C=O) groups is 1. The third-order valence-electron chi connectivity index (χ3n) is 4.03. The summed E-state index contributed by atoms with van der Waals surface area (Å²) >= 11 is 0. The van der Waals surface area contributed by atoms with Crippen LogP contribution in [-0.4, -0.2) is 31.0 Å². The molecule has 0 fully saturated rings. The number of rotatable bonds is 8. The summed E-state index contributed by atoms with van der Waals surface area (Å²) in [4.78, 5) is 16.5. The molecular weight excluding hydrogens is 324 g/mol. The van der Waals surface area contributed by atoms with Crippen molar-refractivity contribution in [2.45, 2.75) is 67.0 Å². The summed E-state index contributed by atoms with van der Waals surface area (Å²) in [6.07, 6.45) is 2.27. The number of guanidine groups is 1. The zero-order chi connectivity index (χ0) is 19.6. The van der Waals surface area contributed by atoms with Gasteiger partial charge in [0.15, 0.2) is 5.96 Å². The first kappa shape index (κ1) is 22.0. The third-order valence-corrected chi connectivity index (χ3v) is 4.03. The molecular formula is C21H36N4O. The van der Waals surface area contributed by atoms with Gasteiger partial charge in [0, 0.05) is 24.7 Å². The fraction of sp³-hybridized carbons (Fsp3) is 0.619. The molecule has 0 saturated heterocycles. The predicted molar refractivity (Wildman–Crippen MR) is 111 cm³/mol. The maximum atomic E-state index is 11.8. The topological polar surface area (TPSA) is 65.5 Å². The van der Waals surface area contributed by atoms with Gasteiger partial charge in [-0.3, -0.25) is 4.79 Å². The van der Waals surface area contributed by atoms with Gasteiger partial charge in [-0.25, -0.2) is 4.99 Å². The van der Waals surface area contributed by atoms with E-state index >= 15 is 0 Å². The van der Waals surface area contributed by atoms with Crippen LogP contribution in [0.4, 0.5) is 0 Å². The van der Waals surface area contributed by atoms with Crippen LogP contribution in [0.5, 0.6) is 0 Å². The fourth-order valence-electron chi connectivity index (χ4n) is 2.47. The Balaban J connectivity index is 2.63. The molecule has 5 nitrogen and oxygen atoms in total. The molecule has 1 rings (SSSR count). The Bertz CT molecular complexity index is 573. The minimum absolute atomic E-state index is 0.0368. The lowest BCUT2D eigenvalue weighted by Crippen LogP contribution is -2.42. The van der Waals surface area contributed by atoms with E-state index in [2.05, 4.69) is 55.6 Å². The third kappa shape index (κ3) is 8.88. The summed E-state index contributed by atoms with van der Waals surface area (Å²) in [7, 11) is 0. The zero-order valence-electron chi connectivity index (χ0n) is 17.3. The lowest BCUT2D eigenvalue weighted by Gasteiger charge is -2.23. The van der Waals surface area contributed by atoms with Crippen molar-refractivity contribution in [3.63, 3.8) is 0 Å². The van der Waals surface area contributed by atoms with E-state index in [9.17, 15) is 4.79 Å². The fourth-order valence-corrected chi connectivity index (χ4v) is 2.47. The summed E-state index contributed by atoms with van der Waals surface area (Å²) in [5.74, 6) is 0.798. The molecule has 1 unspecified atom stereocenters. The van der Waals surface area contributed by atoms with Crippen LogP contribution in [0.1, 0.15) is 70.3 Å². The largest absolute Gasteiger partial charge is 0.357 e. The molecule has 0 heterocycles. The molecule has 0 aliphatic rings. The van der Waals surface area contributed by atoms with Gasteiger partial charge in [-0.1, -0.05) is 32.9 Å². The molecule has 1 aromatic carbocycles. The van der Waals surface area contributed by atoms with Crippen LogP contribution < -0.4 is 16.0 Å². The van der Waals surface area contributed by atoms with Crippen molar-refractivity contribution in [3.05, 3.63) is 35.4 Å². The smallest absolute Gasteiger partial charge is 0.251 e. The van der Waals surface area contributed by atoms with Crippen LogP contribution in [0.2, 0.25) is 0 Å². The minimum Gasteiger partial charge on any atom is -0.357 e. The number of benzene rings is 1. The minimum atomic E-state index is -0.0368. The SMILES string of the molecule is CCNC(=O)c1ccc(CN=C(NCC)NC(C)CCC(C)(C)C)cc1. The van der Waals surface area contributed by atoms with Gasteiger partial charge in [0.25, 0.3) is 5.91 Å². The highest BCUT2D eigenvalue weighted by Crippen LogP contribution is 2.21. The van der Waals surface area contributed by atoms with Crippen molar-refractivity contribution < 1.29 is 4.79 Å². The van der Waals surface area contributed by atoms with E-state index in [0.717, 1.165) is 24.5 Å². The summed E-state index contributed by atoms with van der Waals surface area (Å²) < 4.78 is 0. The van der Waals surface area contributed by atoms with Gasteiger partial charge in [0.1, 0.15) is 0 Å². The quantitative estimate of drug-likeness (QED) is 0.489. The Labute approximate surface area is 159 Å². The van der Waals surface area contributed by atoms with Gasteiger partial charge in [-0.05, 0) is 56.7 Å². The second-order valence-corrected chi connectivity index (χ2v) is 7.90. The molecule has 0 spiro atoms. The second-order valence-electron chi connectivity index (χ2n) is 7.90. The molecule has 1 amide bonds. The maximum absolute atomic E-state index is 11.8. The maximum Gasteiger partial charge on any atom is 0.251 e. The van der Waals surface area contributed by atoms with Crippen molar-refractivity contribution in [3.8, 4) is 0 Å². The van der Waals surface area contributed by atoms with Crippen LogP contribution in [0, 0.1) is 5.41 Å². The first-order valence-electron chi connectivity index (χ1n) is 9.67. The van der Waals surface area contributed by atoms with Gasteiger partial charge in [-0.15, -0.1) is 0 Å². The van der Waals surface area contributed by atoms with E-state index in [-0.39, 0.29) is 5.91 Å². The predicted octanol–water partition coefficient (Wildman–Crippen LogP) is 3.71.